The van der Waals surface area contributed by atoms with Gasteiger partial charge in [0.1, 0.15) is 5.82 Å². The molecule has 2 bridgehead atoms. The summed E-state index contributed by atoms with van der Waals surface area (Å²) in [5.41, 5.74) is 2.83. The average Bonchev–Trinajstić information content (AvgIpc) is 2.95. The minimum absolute atomic E-state index is 0.0256. The zero-order chi connectivity index (χ0) is 26.5. The number of nitrogens with zero attached hydrogens (tertiary/aromatic N) is 3. The molecule has 3 fully saturated rings. The lowest BCUT2D eigenvalue weighted by Crippen LogP contribution is -2.61. The summed E-state index contributed by atoms with van der Waals surface area (Å²) < 4.78 is 28.2. The number of aryl methyl sites for hydroxylation is 2. The Morgan fingerprint density at radius 1 is 1.18 bits per heavy atom. The molecule has 2 saturated heterocycles. The molecule has 7 rings (SSSR count). The molecule has 0 unspecified atom stereocenters. The van der Waals surface area contributed by atoms with Crippen LogP contribution in [0.1, 0.15) is 43.2 Å². The largest absolute Gasteiger partial charge is 0.481 e. The van der Waals surface area contributed by atoms with Gasteiger partial charge in [0.2, 0.25) is 5.88 Å². The van der Waals surface area contributed by atoms with Crippen LogP contribution in [0.3, 0.4) is 0 Å². The molecule has 3 aliphatic rings. The zero-order valence-corrected chi connectivity index (χ0v) is 22.3. The maximum Gasteiger partial charge on any atom is 0.255 e. The molecule has 38 heavy (non-hydrogen) atoms. The van der Waals surface area contributed by atoms with E-state index >= 15 is 0 Å². The summed E-state index contributed by atoms with van der Waals surface area (Å²) in [6.07, 6.45) is 6.16. The van der Waals surface area contributed by atoms with E-state index in [9.17, 15) is 9.18 Å². The molecule has 0 atom stereocenters. The Morgan fingerprint density at radius 3 is 2.74 bits per heavy atom. The number of fused-ring (bicyclic) bond motifs is 5. The van der Waals surface area contributed by atoms with Crippen LogP contribution in [-0.2, 0) is 24.8 Å². The van der Waals surface area contributed by atoms with E-state index in [1.165, 1.54) is 6.20 Å². The fourth-order valence-electron chi connectivity index (χ4n) is 6.01. The van der Waals surface area contributed by atoms with Crippen LogP contribution < -0.4 is 15.6 Å². The standard InChI is InChI=1S/C29H30ClFN4O3/c1-35-24-14-20(30)4-3-18(24)13-19(27(35)36)15-33-28-9-11-29(12-10-28,38-17-28)8-7-21-22(31)16-32-23-5-6-25(37-2)34-26(21)23/h3-6,13-14,16,33H,7-12,15,17H2,1-2H3. The van der Waals surface area contributed by atoms with Crippen LogP contribution in [0.2, 0.25) is 5.02 Å². The van der Waals surface area contributed by atoms with E-state index in [0.717, 1.165) is 42.1 Å². The number of nitrogens with one attached hydrogen (secondary N) is 1. The minimum Gasteiger partial charge on any atom is -0.481 e. The first-order valence-corrected chi connectivity index (χ1v) is 13.3. The Kier molecular flexibility index (Phi) is 6.37. The highest BCUT2D eigenvalue weighted by Crippen LogP contribution is 2.46. The number of aromatic nitrogens is 3. The van der Waals surface area contributed by atoms with Crippen molar-refractivity contribution in [2.75, 3.05) is 13.7 Å². The van der Waals surface area contributed by atoms with Gasteiger partial charge >= 0.3 is 0 Å². The molecule has 1 N–H and O–H groups in total. The first kappa shape index (κ1) is 25.2. The van der Waals surface area contributed by atoms with Crippen molar-refractivity contribution in [3.8, 4) is 5.88 Å². The fraction of sp³-hybridized carbons (Fsp3) is 0.414. The van der Waals surface area contributed by atoms with E-state index in [1.54, 1.807) is 30.9 Å². The molecular weight excluding hydrogens is 507 g/mol. The third kappa shape index (κ3) is 4.44. The van der Waals surface area contributed by atoms with Crippen molar-refractivity contribution in [1.29, 1.82) is 0 Å². The predicted molar refractivity (Wildman–Crippen MR) is 145 cm³/mol. The van der Waals surface area contributed by atoms with Crippen LogP contribution in [0.5, 0.6) is 5.88 Å². The Morgan fingerprint density at radius 2 is 2.00 bits per heavy atom. The van der Waals surface area contributed by atoms with Gasteiger partial charge in [-0.1, -0.05) is 17.7 Å². The van der Waals surface area contributed by atoms with E-state index in [-0.39, 0.29) is 22.5 Å². The molecular formula is C29H30ClFN4O3. The molecule has 0 radical (unpaired) electrons. The van der Waals surface area contributed by atoms with Gasteiger partial charge in [-0.05, 0) is 68.2 Å². The van der Waals surface area contributed by atoms with E-state index in [1.807, 2.05) is 24.3 Å². The summed E-state index contributed by atoms with van der Waals surface area (Å²) in [6, 6.07) is 11.1. The quantitative estimate of drug-likeness (QED) is 0.354. The molecule has 1 saturated carbocycles. The normalized spacial score (nSPS) is 22.8. The highest BCUT2D eigenvalue weighted by atomic mass is 35.5. The minimum atomic E-state index is -0.350. The summed E-state index contributed by atoms with van der Waals surface area (Å²) in [6.45, 7) is 1.05. The fourth-order valence-corrected chi connectivity index (χ4v) is 6.18. The van der Waals surface area contributed by atoms with Gasteiger partial charge in [-0.15, -0.1) is 0 Å². The molecule has 0 spiro atoms. The van der Waals surface area contributed by atoms with Gasteiger partial charge in [-0.3, -0.25) is 9.78 Å². The zero-order valence-electron chi connectivity index (χ0n) is 21.5. The molecule has 2 aliphatic heterocycles. The van der Waals surface area contributed by atoms with Gasteiger partial charge in [0, 0.05) is 41.3 Å². The van der Waals surface area contributed by atoms with Crippen LogP contribution >= 0.6 is 11.6 Å². The summed E-state index contributed by atoms with van der Waals surface area (Å²) >= 11 is 6.13. The molecule has 4 aromatic rings. The van der Waals surface area contributed by atoms with Gasteiger partial charge in [0.25, 0.3) is 5.56 Å². The molecule has 0 amide bonds. The van der Waals surface area contributed by atoms with E-state index in [0.29, 0.717) is 53.5 Å². The van der Waals surface area contributed by atoms with Crippen LogP contribution in [-0.4, -0.2) is 39.4 Å². The second kappa shape index (κ2) is 9.59. The van der Waals surface area contributed by atoms with Crippen LogP contribution in [0.4, 0.5) is 4.39 Å². The van der Waals surface area contributed by atoms with Crippen molar-refractivity contribution >= 4 is 33.5 Å². The van der Waals surface area contributed by atoms with Crippen molar-refractivity contribution < 1.29 is 13.9 Å². The van der Waals surface area contributed by atoms with E-state index in [4.69, 9.17) is 21.1 Å². The monoisotopic (exact) mass is 536 g/mol. The molecule has 198 valence electrons. The highest BCUT2D eigenvalue weighted by Gasteiger charge is 2.49. The van der Waals surface area contributed by atoms with Gasteiger partial charge in [0.15, 0.2) is 0 Å². The number of rotatable bonds is 7. The Hall–Kier alpha value is -3.07. The van der Waals surface area contributed by atoms with Crippen LogP contribution in [0.25, 0.3) is 21.9 Å². The van der Waals surface area contributed by atoms with Crippen molar-refractivity contribution in [3.05, 3.63) is 74.9 Å². The van der Waals surface area contributed by atoms with Crippen LogP contribution in [0, 0.1) is 5.82 Å². The van der Waals surface area contributed by atoms with Gasteiger partial charge in [-0.2, -0.15) is 0 Å². The molecule has 1 aliphatic carbocycles. The number of pyridine rings is 3. The number of ether oxygens (including phenoxy) is 2. The summed E-state index contributed by atoms with van der Waals surface area (Å²) in [5.74, 6) is 0.0910. The first-order chi connectivity index (χ1) is 18.3. The second-order valence-corrected chi connectivity index (χ2v) is 11.1. The maximum atomic E-state index is 14.8. The van der Waals surface area contributed by atoms with Gasteiger partial charge in [-0.25, -0.2) is 9.37 Å². The number of halogens is 2. The number of hydrogen-bond acceptors (Lipinski definition) is 6. The average molecular weight is 537 g/mol. The van der Waals surface area contributed by atoms with Gasteiger partial charge < -0.3 is 19.4 Å². The van der Waals surface area contributed by atoms with Crippen LogP contribution in [0.15, 0.2) is 47.4 Å². The lowest BCUT2D eigenvalue weighted by atomic mass is 9.69. The topological polar surface area (TPSA) is 78.3 Å². The van der Waals surface area contributed by atoms with Crippen molar-refractivity contribution in [2.24, 2.45) is 7.05 Å². The SMILES string of the molecule is COc1ccc2ncc(F)c(CCC34CCC(NCc5cc6ccc(Cl)cc6n(C)c5=O)(CC3)CO4)c2n1. The third-order valence-electron chi connectivity index (χ3n) is 8.47. The Bertz CT molecular complexity index is 1580. The molecule has 1 aromatic carbocycles. The Balaban J connectivity index is 1.14. The smallest absolute Gasteiger partial charge is 0.255 e. The van der Waals surface area contributed by atoms with E-state index < -0.39 is 0 Å². The molecule has 5 heterocycles. The number of hydrogen-bond donors (Lipinski definition) is 1. The maximum absolute atomic E-state index is 14.8. The number of methoxy groups -OCH3 is 1. The van der Waals surface area contributed by atoms with E-state index in [2.05, 4.69) is 15.3 Å². The summed E-state index contributed by atoms with van der Waals surface area (Å²) in [5, 5.41) is 5.26. The molecule has 7 nitrogen and oxygen atoms in total. The summed E-state index contributed by atoms with van der Waals surface area (Å²) in [7, 11) is 3.33. The number of benzene rings is 1. The summed E-state index contributed by atoms with van der Waals surface area (Å²) in [4.78, 5) is 21.7. The Labute approximate surface area is 224 Å². The highest BCUT2D eigenvalue weighted by molar-refractivity contribution is 6.31. The second-order valence-electron chi connectivity index (χ2n) is 10.6. The first-order valence-electron chi connectivity index (χ1n) is 13.0. The predicted octanol–water partition coefficient (Wildman–Crippen LogP) is 5.09. The molecule has 3 aromatic heterocycles. The molecule has 9 heteroatoms. The third-order valence-corrected chi connectivity index (χ3v) is 8.70. The van der Waals surface area contributed by atoms with Crippen molar-refractivity contribution in [1.82, 2.24) is 19.9 Å². The lowest BCUT2D eigenvalue weighted by Gasteiger charge is -2.53. The van der Waals surface area contributed by atoms with Gasteiger partial charge in [0.05, 0.1) is 42.1 Å². The van der Waals surface area contributed by atoms with Crippen molar-refractivity contribution in [3.63, 3.8) is 0 Å². The van der Waals surface area contributed by atoms with Crippen molar-refractivity contribution in [2.45, 2.75) is 56.2 Å². The lowest BCUT2D eigenvalue weighted by molar-refractivity contribution is -0.165.